The first-order valence-electron chi connectivity index (χ1n) is 5.68. The highest BCUT2D eigenvalue weighted by atomic mass is 16.3. The van der Waals surface area contributed by atoms with Gasteiger partial charge in [0.15, 0.2) is 0 Å². The van der Waals surface area contributed by atoms with Gasteiger partial charge in [0.05, 0.1) is 5.69 Å². The van der Waals surface area contributed by atoms with Gasteiger partial charge in [-0.15, -0.1) is 0 Å². The van der Waals surface area contributed by atoms with Crippen molar-refractivity contribution in [1.82, 2.24) is 10.3 Å². The molecule has 3 heteroatoms. The highest BCUT2D eigenvalue weighted by Crippen LogP contribution is 2.16. The van der Waals surface area contributed by atoms with E-state index >= 15 is 0 Å². The third-order valence-corrected chi connectivity index (χ3v) is 2.71. The second-order valence-electron chi connectivity index (χ2n) is 4.02. The van der Waals surface area contributed by atoms with Crippen LogP contribution in [-0.2, 0) is 6.54 Å². The van der Waals surface area contributed by atoms with Gasteiger partial charge in [0.2, 0.25) is 0 Å². The van der Waals surface area contributed by atoms with Crippen molar-refractivity contribution in [2.24, 2.45) is 0 Å². The maximum Gasteiger partial charge on any atom is 0.115 e. The van der Waals surface area contributed by atoms with Crippen LogP contribution in [0.15, 0.2) is 48.7 Å². The van der Waals surface area contributed by atoms with Gasteiger partial charge in [-0.1, -0.05) is 18.2 Å². The standard InChI is InChI=1S/C14H16N2O/c1-11(12-5-7-14(17)8-6-12)16-10-13-4-2-3-9-15-13/h2-9,11,16-17H,10H2,1H3. The molecule has 0 fully saturated rings. The van der Waals surface area contributed by atoms with Crippen LogP contribution in [0.3, 0.4) is 0 Å². The van der Waals surface area contributed by atoms with E-state index in [1.54, 1.807) is 18.3 Å². The first kappa shape index (κ1) is 11.6. The van der Waals surface area contributed by atoms with Gasteiger partial charge in [-0.2, -0.15) is 0 Å². The zero-order chi connectivity index (χ0) is 12.1. The van der Waals surface area contributed by atoms with Crippen LogP contribution >= 0.6 is 0 Å². The van der Waals surface area contributed by atoms with E-state index in [0.29, 0.717) is 5.75 Å². The zero-order valence-corrected chi connectivity index (χ0v) is 9.80. The highest BCUT2D eigenvalue weighted by molar-refractivity contribution is 5.27. The van der Waals surface area contributed by atoms with Gasteiger partial charge >= 0.3 is 0 Å². The summed E-state index contributed by atoms with van der Waals surface area (Å²) < 4.78 is 0. The molecule has 0 aliphatic heterocycles. The number of hydrogen-bond acceptors (Lipinski definition) is 3. The van der Waals surface area contributed by atoms with Crippen LogP contribution in [0.5, 0.6) is 5.75 Å². The Bertz CT molecular complexity index is 453. The van der Waals surface area contributed by atoms with Crippen molar-refractivity contribution in [1.29, 1.82) is 0 Å². The Morgan fingerprint density at radius 1 is 1.18 bits per heavy atom. The van der Waals surface area contributed by atoms with Crippen LogP contribution in [0.1, 0.15) is 24.2 Å². The third-order valence-electron chi connectivity index (χ3n) is 2.71. The predicted molar refractivity (Wildman–Crippen MR) is 67.6 cm³/mol. The van der Waals surface area contributed by atoms with Crippen molar-refractivity contribution in [3.05, 3.63) is 59.9 Å². The number of nitrogens with zero attached hydrogens (tertiary/aromatic N) is 1. The summed E-state index contributed by atoms with van der Waals surface area (Å²) in [5.41, 5.74) is 2.18. The number of aromatic hydroxyl groups is 1. The molecule has 0 saturated heterocycles. The van der Waals surface area contributed by atoms with Gasteiger partial charge < -0.3 is 10.4 Å². The molecular formula is C14H16N2O. The molecule has 0 bridgehead atoms. The lowest BCUT2D eigenvalue weighted by atomic mass is 10.1. The van der Waals surface area contributed by atoms with E-state index < -0.39 is 0 Å². The molecule has 1 aromatic heterocycles. The number of pyridine rings is 1. The summed E-state index contributed by atoms with van der Waals surface area (Å²) in [6, 6.07) is 13.4. The van der Waals surface area contributed by atoms with Gasteiger partial charge in [-0.3, -0.25) is 4.98 Å². The highest BCUT2D eigenvalue weighted by Gasteiger charge is 2.04. The summed E-state index contributed by atoms with van der Waals surface area (Å²) in [5.74, 6) is 0.297. The Balaban J connectivity index is 1.93. The van der Waals surface area contributed by atoms with Gasteiger partial charge in [-0.05, 0) is 36.8 Å². The van der Waals surface area contributed by atoms with Crippen molar-refractivity contribution in [2.45, 2.75) is 19.5 Å². The minimum absolute atomic E-state index is 0.234. The lowest BCUT2D eigenvalue weighted by Gasteiger charge is -2.13. The SMILES string of the molecule is CC(NCc1ccccn1)c1ccc(O)cc1. The normalized spacial score (nSPS) is 12.3. The first-order valence-corrected chi connectivity index (χ1v) is 5.68. The van der Waals surface area contributed by atoms with E-state index in [9.17, 15) is 5.11 Å². The van der Waals surface area contributed by atoms with Gasteiger partial charge in [0.25, 0.3) is 0 Å². The van der Waals surface area contributed by atoms with Gasteiger partial charge in [0, 0.05) is 18.8 Å². The topological polar surface area (TPSA) is 45.2 Å². The molecule has 2 rings (SSSR count). The van der Waals surface area contributed by atoms with Crippen LogP contribution in [-0.4, -0.2) is 10.1 Å². The Kier molecular flexibility index (Phi) is 3.73. The first-order chi connectivity index (χ1) is 8.25. The molecule has 2 aromatic rings. The minimum atomic E-state index is 0.234. The maximum atomic E-state index is 9.22. The molecule has 2 N–H and O–H groups in total. The number of nitrogens with one attached hydrogen (secondary N) is 1. The van der Waals surface area contributed by atoms with Crippen LogP contribution in [0.2, 0.25) is 0 Å². The van der Waals surface area contributed by atoms with E-state index in [-0.39, 0.29) is 6.04 Å². The Hall–Kier alpha value is -1.87. The molecule has 0 aliphatic rings. The summed E-state index contributed by atoms with van der Waals surface area (Å²) >= 11 is 0. The lowest BCUT2D eigenvalue weighted by molar-refractivity contribution is 0.474. The molecule has 1 aromatic carbocycles. The average molecular weight is 228 g/mol. The third kappa shape index (κ3) is 3.29. The largest absolute Gasteiger partial charge is 0.508 e. The zero-order valence-electron chi connectivity index (χ0n) is 9.80. The second kappa shape index (κ2) is 5.46. The fourth-order valence-corrected chi connectivity index (χ4v) is 1.64. The molecule has 1 atom stereocenters. The second-order valence-corrected chi connectivity index (χ2v) is 4.02. The summed E-state index contributed by atoms with van der Waals surface area (Å²) in [7, 11) is 0. The molecule has 1 heterocycles. The molecule has 17 heavy (non-hydrogen) atoms. The maximum absolute atomic E-state index is 9.22. The Labute approximate surface area is 101 Å². The van der Waals surface area contributed by atoms with E-state index in [0.717, 1.165) is 17.8 Å². The molecule has 0 radical (unpaired) electrons. The van der Waals surface area contributed by atoms with E-state index in [2.05, 4.69) is 17.2 Å². The fourth-order valence-electron chi connectivity index (χ4n) is 1.64. The van der Waals surface area contributed by atoms with Crippen molar-refractivity contribution >= 4 is 0 Å². The molecule has 0 amide bonds. The molecule has 3 nitrogen and oxygen atoms in total. The van der Waals surface area contributed by atoms with E-state index in [1.807, 2.05) is 30.3 Å². The fraction of sp³-hybridized carbons (Fsp3) is 0.214. The monoisotopic (exact) mass is 228 g/mol. The Morgan fingerprint density at radius 3 is 2.59 bits per heavy atom. The summed E-state index contributed by atoms with van der Waals surface area (Å²) in [5, 5.41) is 12.6. The number of phenolic OH excluding ortho intramolecular Hbond substituents is 1. The number of benzene rings is 1. The molecule has 0 saturated carbocycles. The number of hydrogen-bond donors (Lipinski definition) is 2. The smallest absolute Gasteiger partial charge is 0.115 e. The summed E-state index contributed by atoms with van der Waals surface area (Å²) in [4.78, 5) is 4.26. The van der Waals surface area contributed by atoms with Gasteiger partial charge in [0.1, 0.15) is 5.75 Å². The quantitative estimate of drug-likeness (QED) is 0.845. The van der Waals surface area contributed by atoms with Crippen molar-refractivity contribution in [3.8, 4) is 5.75 Å². The molecular weight excluding hydrogens is 212 g/mol. The van der Waals surface area contributed by atoms with Crippen LogP contribution in [0, 0.1) is 0 Å². The van der Waals surface area contributed by atoms with Crippen LogP contribution in [0.25, 0.3) is 0 Å². The van der Waals surface area contributed by atoms with Gasteiger partial charge in [-0.25, -0.2) is 0 Å². The Morgan fingerprint density at radius 2 is 1.94 bits per heavy atom. The van der Waals surface area contributed by atoms with Crippen molar-refractivity contribution < 1.29 is 5.11 Å². The molecule has 88 valence electrons. The summed E-state index contributed by atoms with van der Waals surface area (Å²) in [6.45, 7) is 2.83. The average Bonchev–Trinajstić information content (AvgIpc) is 2.38. The predicted octanol–water partition coefficient (Wildman–Crippen LogP) is 2.64. The van der Waals surface area contributed by atoms with E-state index in [1.165, 1.54) is 0 Å². The van der Waals surface area contributed by atoms with Crippen molar-refractivity contribution in [3.63, 3.8) is 0 Å². The van der Waals surface area contributed by atoms with Crippen LogP contribution < -0.4 is 5.32 Å². The lowest BCUT2D eigenvalue weighted by Crippen LogP contribution is -2.18. The minimum Gasteiger partial charge on any atom is -0.508 e. The number of aromatic nitrogens is 1. The summed E-state index contributed by atoms with van der Waals surface area (Å²) in [6.07, 6.45) is 1.79. The molecule has 0 aliphatic carbocycles. The van der Waals surface area contributed by atoms with Crippen LogP contribution in [0.4, 0.5) is 0 Å². The molecule has 0 spiro atoms. The van der Waals surface area contributed by atoms with Crippen molar-refractivity contribution in [2.75, 3.05) is 0 Å². The number of rotatable bonds is 4. The molecule has 1 unspecified atom stereocenters. The number of phenols is 1. The van der Waals surface area contributed by atoms with E-state index in [4.69, 9.17) is 0 Å².